The lowest BCUT2D eigenvalue weighted by Gasteiger charge is -2.13. The molecule has 1 fully saturated rings. The van der Waals surface area contributed by atoms with Crippen molar-refractivity contribution in [2.24, 2.45) is 0 Å². The summed E-state index contributed by atoms with van der Waals surface area (Å²) in [6.07, 6.45) is 2.27. The van der Waals surface area contributed by atoms with Gasteiger partial charge in [0.1, 0.15) is 0 Å². The van der Waals surface area contributed by atoms with Crippen LogP contribution in [0, 0.1) is 6.92 Å². The maximum Gasteiger partial charge on any atom is 0.354 e. The van der Waals surface area contributed by atoms with Gasteiger partial charge in [0, 0.05) is 16.9 Å². The van der Waals surface area contributed by atoms with Gasteiger partial charge in [-0.1, -0.05) is 0 Å². The third kappa shape index (κ3) is 2.26. The van der Waals surface area contributed by atoms with E-state index in [-0.39, 0.29) is 11.2 Å². The Hall–Kier alpha value is -1.58. The molecule has 0 bridgehead atoms. The smallest absolute Gasteiger partial charge is 0.354 e. The maximum absolute atomic E-state index is 10.8. The number of carboxylic acid groups (broad SMARTS) is 1. The molecule has 1 aromatic rings. The highest BCUT2D eigenvalue weighted by Gasteiger charge is 2.37. The van der Waals surface area contributed by atoms with Gasteiger partial charge >= 0.3 is 5.97 Å². The van der Waals surface area contributed by atoms with Gasteiger partial charge in [0.2, 0.25) is 0 Å². The maximum atomic E-state index is 10.8. The minimum atomic E-state index is -0.984. The van der Waals surface area contributed by atoms with Gasteiger partial charge in [-0.2, -0.15) is 0 Å². The van der Waals surface area contributed by atoms with Crippen molar-refractivity contribution in [3.8, 4) is 0 Å². The standard InChI is InChI=1S/C11H14N2O2/c1-7-5-8(13-11(2)3-4-11)6-9(12-7)10(14)15/h5-6H,3-4H2,1-2H3,(H,12,13)(H,14,15). The quantitative estimate of drug-likeness (QED) is 0.794. The first-order valence-corrected chi connectivity index (χ1v) is 4.99. The summed E-state index contributed by atoms with van der Waals surface area (Å²) in [7, 11) is 0. The molecule has 0 saturated heterocycles. The van der Waals surface area contributed by atoms with Crippen LogP contribution in [-0.2, 0) is 0 Å². The first-order valence-electron chi connectivity index (χ1n) is 4.99. The molecule has 0 atom stereocenters. The Morgan fingerprint density at radius 1 is 1.53 bits per heavy atom. The topological polar surface area (TPSA) is 62.2 Å². The average Bonchev–Trinajstić information content (AvgIpc) is 2.81. The molecule has 0 spiro atoms. The molecule has 0 aliphatic heterocycles. The van der Waals surface area contributed by atoms with Gasteiger partial charge in [-0.25, -0.2) is 9.78 Å². The summed E-state index contributed by atoms with van der Waals surface area (Å²) >= 11 is 0. The summed E-state index contributed by atoms with van der Waals surface area (Å²) in [5.74, 6) is -0.984. The second-order valence-electron chi connectivity index (χ2n) is 4.37. The highest BCUT2D eigenvalue weighted by Crippen LogP contribution is 2.38. The molecule has 4 heteroatoms. The highest BCUT2D eigenvalue weighted by atomic mass is 16.4. The Morgan fingerprint density at radius 2 is 2.20 bits per heavy atom. The molecule has 1 aliphatic rings. The summed E-state index contributed by atoms with van der Waals surface area (Å²) in [6, 6.07) is 3.45. The van der Waals surface area contributed by atoms with Crippen LogP contribution in [0.1, 0.15) is 35.9 Å². The van der Waals surface area contributed by atoms with E-state index in [1.807, 2.05) is 6.07 Å². The second kappa shape index (κ2) is 3.22. The van der Waals surface area contributed by atoms with E-state index in [1.54, 1.807) is 13.0 Å². The molecule has 0 unspecified atom stereocenters. The number of carboxylic acids is 1. The predicted molar refractivity (Wildman–Crippen MR) is 57.2 cm³/mol. The number of aromatic carboxylic acids is 1. The van der Waals surface area contributed by atoms with E-state index < -0.39 is 5.97 Å². The monoisotopic (exact) mass is 206 g/mol. The van der Waals surface area contributed by atoms with Crippen molar-refractivity contribution >= 4 is 11.7 Å². The van der Waals surface area contributed by atoms with Gasteiger partial charge in [-0.15, -0.1) is 0 Å². The molecule has 2 rings (SSSR count). The van der Waals surface area contributed by atoms with Gasteiger partial charge in [0.05, 0.1) is 0 Å². The fraction of sp³-hybridized carbons (Fsp3) is 0.455. The van der Waals surface area contributed by atoms with Crippen molar-refractivity contribution in [1.82, 2.24) is 4.98 Å². The molecule has 80 valence electrons. The van der Waals surface area contributed by atoms with Gasteiger partial charge in [0.15, 0.2) is 5.69 Å². The largest absolute Gasteiger partial charge is 0.477 e. The Balaban J connectivity index is 2.27. The zero-order valence-electron chi connectivity index (χ0n) is 8.87. The Labute approximate surface area is 88.3 Å². The molecule has 0 amide bonds. The van der Waals surface area contributed by atoms with Gasteiger partial charge < -0.3 is 10.4 Å². The number of aryl methyl sites for hydroxylation is 1. The highest BCUT2D eigenvalue weighted by molar-refractivity contribution is 5.86. The summed E-state index contributed by atoms with van der Waals surface area (Å²) in [5, 5.41) is 12.2. The third-order valence-electron chi connectivity index (χ3n) is 2.62. The number of hydrogen-bond donors (Lipinski definition) is 2. The summed E-state index contributed by atoms with van der Waals surface area (Å²) < 4.78 is 0. The Kier molecular flexibility index (Phi) is 2.14. The summed E-state index contributed by atoms with van der Waals surface area (Å²) in [6.45, 7) is 3.93. The van der Waals surface area contributed by atoms with Gasteiger partial charge in [-0.05, 0) is 38.8 Å². The number of pyridine rings is 1. The summed E-state index contributed by atoms with van der Waals surface area (Å²) in [4.78, 5) is 14.7. The second-order valence-corrected chi connectivity index (χ2v) is 4.37. The van der Waals surface area contributed by atoms with Crippen molar-refractivity contribution in [3.05, 3.63) is 23.5 Å². The van der Waals surface area contributed by atoms with Crippen molar-refractivity contribution in [2.45, 2.75) is 32.2 Å². The minimum Gasteiger partial charge on any atom is -0.477 e. The fourth-order valence-corrected chi connectivity index (χ4v) is 1.51. The fourth-order valence-electron chi connectivity index (χ4n) is 1.51. The van der Waals surface area contributed by atoms with Gasteiger partial charge in [0.25, 0.3) is 0 Å². The molecule has 15 heavy (non-hydrogen) atoms. The molecular formula is C11H14N2O2. The van der Waals surface area contributed by atoms with Crippen LogP contribution in [-0.4, -0.2) is 21.6 Å². The van der Waals surface area contributed by atoms with Crippen LogP contribution in [0.25, 0.3) is 0 Å². The Morgan fingerprint density at radius 3 is 2.73 bits per heavy atom. The number of carbonyl (C=O) groups is 1. The van der Waals surface area contributed by atoms with Crippen molar-refractivity contribution in [3.63, 3.8) is 0 Å². The van der Waals surface area contributed by atoms with Crippen LogP contribution in [0.4, 0.5) is 5.69 Å². The number of hydrogen-bond acceptors (Lipinski definition) is 3. The Bertz CT molecular complexity index is 411. The van der Waals surface area contributed by atoms with E-state index in [4.69, 9.17) is 5.11 Å². The normalized spacial score (nSPS) is 17.2. The number of nitrogens with one attached hydrogen (secondary N) is 1. The van der Waals surface area contributed by atoms with Crippen LogP contribution in [0.3, 0.4) is 0 Å². The van der Waals surface area contributed by atoms with E-state index in [2.05, 4.69) is 17.2 Å². The van der Waals surface area contributed by atoms with Crippen LogP contribution in [0.2, 0.25) is 0 Å². The molecule has 2 N–H and O–H groups in total. The molecule has 1 saturated carbocycles. The van der Waals surface area contributed by atoms with E-state index in [1.165, 1.54) is 0 Å². The van der Waals surface area contributed by atoms with E-state index in [0.29, 0.717) is 0 Å². The van der Waals surface area contributed by atoms with E-state index in [0.717, 1.165) is 24.2 Å². The number of nitrogens with zero attached hydrogens (tertiary/aromatic N) is 1. The lowest BCUT2D eigenvalue weighted by atomic mass is 10.2. The van der Waals surface area contributed by atoms with Crippen LogP contribution in [0.15, 0.2) is 12.1 Å². The van der Waals surface area contributed by atoms with Crippen LogP contribution < -0.4 is 5.32 Å². The molecule has 0 aromatic carbocycles. The van der Waals surface area contributed by atoms with Crippen LogP contribution >= 0.6 is 0 Å². The predicted octanol–water partition coefficient (Wildman–Crippen LogP) is 2.05. The third-order valence-corrected chi connectivity index (χ3v) is 2.62. The summed E-state index contributed by atoms with van der Waals surface area (Å²) in [5.41, 5.74) is 1.83. The van der Waals surface area contributed by atoms with Crippen molar-refractivity contribution < 1.29 is 9.90 Å². The van der Waals surface area contributed by atoms with Crippen molar-refractivity contribution in [1.29, 1.82) is 0 Å². The lowest BCUT2D eigenvalue weighted by Crippen LogP contribution is -2.16. The van der Waals surface area contributed by atoms with E-state index >= 15 is 0 Å². The lowest BCUT2D eigenvalue weighted by molar-refractivity contribution is 0.0690. The first kappa shape index (κ1) is 9.96. The SMILES string of the molecule is Cc1cc(NC2(C)CC2)cc(C(=O)O)n1. The molecule has 4 nitrogen and oxygen atoms in total. The zero-order chi connectivity index (χ0) is 11.1. The molecule has 1 aliphatic carbocycles. The van der Waals surface area contributed by atoms with Crippen LogP contribution in [0.5, 0.6) is 0 Å². The first-order chi connectivity index (χ1) is 6.98. The molecular weight excluding hydrogens is 192 g/mol. The molecule has 0 radical (unpaired) electrons. The van der Waals surface area contributed by atoms with Crippen molar-refractivity contribution in [2.75, 3.05) is 5.32 Å². The number of anilines is 1. The zero-order valence-corrected chi connectivity index (χ0v) is 8.87. The molecule has 1 aromatic heterocycles. The number of rotatable bonds is 3. The van der Waals surface area contributed by atoms with Gasteiger partial charge in [-0.3, -0.25) is 0 Å². The minimum absolute atomic E-state index is 0.0988. The number of aromatic nitrogens is 1. The molecule has 1 heterocycles. The average molecular weight is 206 g/mol. The van der Waals surface area contributed by atoms with E-state index in [9.17, 15) is 4.79 Å².